The average Bonchev–Trinajstić information content (AvgIpc) is 2.43. The van der Waals surface area contributed by atoms with Crippen molar-refractivity contribution in [1.29, 1.82) is 0 Å². The van der Waals surface area contributed by atoms with E-state index in [9.17, 15) is 9.59 Å². The third kappa shape index (κ3) is 3.23. The molecule has 1 aliphatic carbocycles. The Labute approximate surface area is 126 Å². The second kappa shape index (κ2) is 5.84. The Morgan fingerprint density at radius 2 is 2.10 bits per heavy atom. The Balaban J connectivity index is 2.39. The van der Waals surface area contributed by atoms with Gasteiger partial charge in [0.15, 0.2) is 5.78 Å². The number of allylic oxidation sites excluding steroid dienone is 1. The van der Waals surface area contributed by atoms with Gasteiger partial charge in [0.05, 0.1) is 6.61 Å². The summed E-state index contributed by atoms with van der Waals surface area (Å²) < 4.78 is 4.92. The molecule has 2 rings (SSSR count). The van der Waals surface area contributed by atoms with Crippen molar-refractivity contribution in [2.45, 2.75) is 46.0 Å². The van der Waals surface area contributed by atoms with Gasteiger partial charge in [-0.2, -0.15) is 0 Å². The zero-order valence-corrected chi connectivity index (χ0v) is 13.2. The SMILES string of the molecule is CCOC(=O)/C=C(\C)c1ccc2c(c1)C(=O)CCC2(C)C. The topological polar surface area (TPSA) is 43.4 Å². The first-order valence-electron chi connectivity index (χ1n) is 7.38. The molecule has 0 fully saturated rings. The molecule has 112 valence electrons. The number of rotatable bonds is 3. The van der Waals surface area contributed by atoms with Gasteiger partial charge >= 0.3 is 5.97 Å². The van der Waals surface area contributed by atoms with Gasteiger partial charge < -0.3 is 4.74 Å². The van der Waals surface area contributed by atoms with E-state index >= 15 is 0 Å². The number of carbonyl (C=O) groups is 2. The molecule has 0 radical (unpaired) electrons. The Hall–Kier alpha value is -1.90. The van der Waals surface area contributed by atoms with Crippen LogP contribution in [0.1, 0.15) is 62.0 Å². The molecule has 0 amide bonds. The highest BCUT2D eigenvalue weighted by atomic mass is 16.5. The van der Waals surface area contributed by atoms with Crippen molar-refractivity contribution in [3.05, 3.63) is 41.0 Å². The van der Waals surface area contributed by atoms with Crippen LogP contribution in [0.3, 0.4) is 0 Å². The van der Waals surface area contributed by atoms with Crippen LogP contribution < -0.4 is 0 Å². The van der Waals surface area contributed by atoms with Crippen LogP contribution in [-0.2, 0) is 14.9 Å². The Kier molecular flexibility index (Phi) is 4.31. The van der Waals surface area contributed by atoms with Crippen molar-refractivity contribution < 1.29 is 14.3 Å². The van der Waals surface area contributed by atoms with Crippen molar-refractivity contribution >= 4 is 17.3 Å². The van der Waals surface area contributed by atoms with Crippen LogP contribution in [0.4, 0.5) is 0 Å². The number of benzene rings is 1. The number of carbonyl (C=O) groups excluding carboxylic acids is 2. The zero-order valence-electron chi connectivity index (χ0n) is 13.2. The van der Waals surface area contributed by atoms with E-state index in [0.717, 1.165) is 28.7 Å². The molecule has 0 spiro atoms. The van der Waals surface area contributed by atoms with Gasteiger partial charge in [-0.15, -0.1) is 0 Å². The van der Waals surface area contributed by atoms with Crippen molar-refractivity contribution in [2.75, 3.05) is 6.61 Å². The maximum Gasteiger partial charge on any atom is 0.331 e. The quantitative estimate of drug-likeness (QED) is 0.625. The first-order chi connectivity index (χ1) is 9.85. The van der Waals surface area contributed by atoms with Gasteiger partial charge in [0.1, 0.15) is 0 Å². The summed E-state index contributed by atoms with van der Waals surface area (Å²) in [6.45, 7) is 8.33. The molecule has 0 heterocycles. The van der Waals surface area contributed by atoms with Crippen molar-refractivity contribution in [2.24, 2.45) is 0 Å². The van der Waals surface area contributed by atoms with Gasteiger partial charge in [0.25, 0.3) is 0 Å². The number of Topliss-reactive ketones (excluding diaryl/α,β-unsaturated/α-hetero) is 1. The minimum atomic E-state index is -0.348. The molecule has 0 saturated carbocycles. The second-order valence-electron chi connectivity index (χ2n) is 6.15. The standard InChI is InChI=1S/C18H22O3/c1-5-21-17(20)10-12(2)13-6-7-15-14(11-13)16(19)8-9-18(15,3)4/h6-7,10-11H,5,8-9H2,1-4H3/b12-10+. The molecular formula is C18H22O3. The van der Waals surface area contributed by atoms with Gasteiger partial charge in [0.2, 0.25) is 0 Å². The number of hydrogen-bond acceptors (Lipinski definition) is 3. The van der Waals surface area contributed by atoms with E-state index in [1.165, 1.54) is 6.08 Å². The highest BCUT2D eigenvalue weighted by Crippen LogP contribution is 2.37. The summed E-state index contributed by atoms with van der Waals surface area (Å²) in [6, 6.07) is 5.90. The molecular weight excluding hydrogens is 264 g/mol. The van der Waals surface area contributed by atoms with Crippen LogP contribution in [0.5, 0.6) is 0 Å². The van der Waals surface area contributed by atoms with Crippen LogP contribution in [0, 0.1) is 0 Å². The monoisotopic (exact) mass is 286 g/mol. The number of ketones is 1. The summed E-state index contributed by atoms with van der Waals surface area (Å²) >= 11 is 0. The molecule has 21 heavy (non-hydrogen) atoms. The summed E-state index contributed by atoms with van der Waals surface area (Å²) in [7, 11) is 0. The van der Waals surface area contributed by atoms with E-state index in [1.807, 2.05) is 25.1 Å². The largest absolute Gasteiger partial charge is 0.463 e. The summed E-state index contributed by atoms with van der Waals surface area (Å²) in [5.74, 6) is -0.158. The first-order valence-corrected chi connectivity index (χ1v) is 7.38. The Morgan fingerprint density at radius 1 is 1.38 bits per heavy atom. The lowest BCUT2D eigenvalue weighted by molar-refractivity contribution is -0.137. The van der Waals surface area contributed by atoms with Gasteiger partial charge in [-0.25, -0.2) is 4.79 Å². The lowest BCUT2D eigenvalue weighted by Gasteiger charge is -2.32. The van der Waals surface area contributed by atoms with E-state index in [1.54, 1.807) is 6.92 Å². The maximum absolute atomic E-state index is 12.2. The van der Waals surface area contributed by atoms with Gasteiger partial charge in [-0.3, -0.25) is 4.79 Å². The van der Waals surface area contributed by atoms with Crippen molar-refractivity contribution in [1.82, 2.24) is 0 Å². The van der Waals surface area contributed by atoms with Crippen molar-refractivity contribution in [3.8, 4) is 0 Å². The van der Waals surface area contributed by atoms with Crippen LogP contribution in [-0.4, -0.2) is 18.4 Å². The number of ether oxygens (including phenoxy) is 1. The number of fused-ring (bicyclic) bond motifs is 1. The molecule has 3 heteroatoms. The summed E-state index contributed by atoms with van der Waals surface area (Å²) in [4.78, 5) is 23.7. The van der Waals surface area contributed by atoms with Gasteiger partial charge in [-0.1, -0.05) is 26.0 Å². The Bertz CT molecular complexity index is 609. The molecule has 0 aromatic heterocycles. The highest BCUT2D eigenvalue weighted by Gasteiger charge is 2.31. The molecule has 0 aliphatic heterocycles. The van der Waals surface area contributed by atoms with Crippen molar-refractivity contribution in [3.63, 3.8) is 0 Å². The van der Waals surface area contributed by atoms with E-state index in [4.69, 9.17) is 4.74 Å². The van der Waals surface area contributed by atoms with E-state index in [0.29, 0.717) is 13.0 Å². The van der Waals surface area contributed by atoms with E-state index < -0.39 is 0 Å². The third-order valence-corrected chi connectivity index (χ3v) is 4.10. The molecule has 0 unspecified atom stereocenters. The maximum atomic E-state index is 12.2. The first kappa shape index (κ1) is 15.5. The third-order valence-electron chi connectivity index (χ3n) is 4.10. The van der Waals surface area contributed by atoms with Gasteiger partial charge in [0, 0.05) is 18.1 Å². The predicted octanol–water partition coefficient (Wildman–Crippen LogP) is 3.91. The van der Waals surface area contributed by atoms with Gasteiger partial charge in [-0.05, 0) is 48.4 Å². The molecule has 1 aromatic carbocycles. The predicted molar refractivity (Wildman–Crippen MR) is 83.3 cm³/mol. The summed E-state index contributed by atoms with van der Waals surface area (Å²) in [5, 5.41) is 0. The normalized spacial score (nSPS) is 17.3. The van der Waals surface area contributed by atoms with Crippen LogP contribution in [0.25, 0.3) is 5.57 Å². The minimum Gasteiger partial charge on any atom is -0.463 e. The molecule has 1 aliphatic rings. The summed E-state index contributed by atoms with van der Waals surface area (Å²) in [5.41, 5.74) is 3.63. The van der Waals surface area contributed by atoms with Crippen LogP contribution >= 0.6 is 0 Å². The second-order valence-corrected chi connectivity index (χ2v) is 6.15. The number of hydrogen-bond donors (Lipinski definition) is 0. The molecule has 0 atom stereocenters. The molecule has 0 bridgehead atoms. The fraction of sp³-hybridized carbons (Fsp3) is 0.444. The highest BCUT2D eigenvalue weighted by molar-refractivity contribution is 6.00. The van der Waals surface area contributed by atoms with Crippen LogP contribution in [0.15, 0.2) is 24.3 Å². The fourth-order valence-electron chi connectivity index (χ4n) is 2.75. The Morgan fingerprint density at radius 3 is 2.76 bits per heavy atom. The smallest absolute Gasteiger partial charge is 0.331 e. The fourth-order valence-corrected chi connectivity index (χ4v) is 2.75. The summed E-state index contributed by atoms with van der Waals surface area (Å²) in [6.07, 6.45) is 2.95. The van der Waals surface area contributed by atoms with Crippen LogP contribution in [0.2, 0.25) is 0 Å². The minimum absolute atomic E-state index is 0.0283. The zero-order chi connectivity index (χ0) is 15.6. The molecule has 0 saturated heterocycles. The molecule has 0 N–H and O–H groups in total. The van der Waals surface area contributed by atoms with E-state index in [2.05, 4.69) is 13.8 Å². The lowest BCUT2D eigenvalue weighted by Crippen LogP contribution is -2.27. The van der Waals surface area contributed by atoms with E-state index in [-0.39, 0.29) is 17.2 Å². The molecule has 1 aromatic rings. The lowest BCUT2D eigenvalue weighted by atomic mass is 9.72. The number of esters is 1. The molecule has 3 nitrogen and oxygen atoms in total. The average molecular weight is 286 g/mol.